The van der Waals surface area contributed by atoms with E-state index in [2.05, 4.69) is 10.3 Å². The molecule has 0 spiro atoms. The summed E-state index contributed by atoms with van der Waals surface area (Å²) in [4.78, 5) is 14.8. The number of hydrogen-bond acceptors (Lipinski definition) is 4. The molecule has 0 saturated heterocycles. The lowest BCUT2D eigenvalue weighted by molar-refractivity contribution is -0.116. The van der Waals surface area contributed by atoms with Crippen LogP contribution in [-0.2, 0) is 4.79 Å². The number of thiazole rings is 1. The van der Waals surface area contributed by atoms with Crippen molar-refractivity contribution in [1.82, 2.24) is 4.98 Å². The van der Waals surface area contributed by atoms with Crippen LogP contribution in [-0.4, -0.2) is 17.4 Å². The van der Waals surface area contributed by atoms with E-state index >= 15 is 0 Å². The Balaban J connectivity index is 2.27. The van der Waals surface area contributed by atoms with Crippen molar-refractivity contribution in [3.8, 4) is 0 Å². The van der Waals surface area contributed by atoms with Crippen LogP contribution in [0.3, 0.4) is 0 Å². The molecule has 2 rings (SSSR count). The Labute approximate surface area is 95.1 Å². The van der Waals surface area contributed by atoms with Gasteiger partial charge in [0, 0.05) is 5.02 Å². The average Bonchev–Trinajstić information content (AvgIpc) is 2.56. The zero-order valence-corrected chi connectivity index (χ0v) is 9.23. The molecule has 0 aliphatic rings. The van der Waals surface area contributed by atoms with Crippen molar-refractivity contribution < 1.29 is 4.79 Å². The van der Waals surface area contributed by atoms with Gasteiger partial charge in [0.1, 0.15) is 0 Å². The van der Waals surface area contributed by atoms with E-state index in [0.717, 1.165) is 10.2 Å². The molecule has 1 amide bonds. The molecule has 4 nitrogen and oxygen atoms in total. The fourth-order valence-electron chi connectivity index (χ4n) is 1.14. The summed E-state index contributed by atoms with van der Waals surface area (Å²) in [6.45, 7) is 0.0908. The molecule has 0 aliphatic carbocycles. The Morgan fingerprint density at radius 2 is 2.40 bits per heavy atom. The van der Waals surface area contributed by atoms with Crippen molar-refractivity contribution in [2.45, 2.75) is 0 Å². The minimum Gasteiger partial charge on any atom is -0.368 e. The van der Waals surface area contributed by atoms with Crippen LogP contribution in [0.1, 0.15) is 0 Å². The largest absolute Gasteiger partial charge is 0.368 e. The Morgan fingerprint density at radius 3 is 3.13 bits per heavy atom. The zero-order valence-electron chi connectivity index (χ0n) is 7.66. The molecule has 0 saturated carbocycles. The summed E-state index contributed by atoms with van der Waals surface area (Å²) >= 11 is 7.28. The number of anilines is 1. The number of primary amides is 1. The number of rotatable bonds is 3. The lowest BCUT2D eigenvalue weighted by atomic mass is 10.3. The number of carbonyl (C=O) groups is 1. The van der Waals surface area contributed by atoms with Gasteiger partial charge in [-0.1, -0.05) is 22.9 Å². The summed E-state index contributed by atoms with van der Waals surface area (Å²) in [5, 5.41) is 4.16. The maximum absolute atomic E-state index is 10.6. The Kier molecular flexibility index (Phi) is 2.75. The summed E-state index contributed by atoms with van der Waals surface area (Å²) in [5.74, 6) is -0.410. The monoisotopic (exact) mass is 241 g/mol. The summed E-state index contributed by atoms with van der Waals surface area (Å²) in [6.07, 6.45) is 0. The highest BCUT2D eigenvalue weighted by Gasteiger charge is 2.04. The number of carbonyl (C=O) groups excluding carboxylic acids is 1. The molecule has 0 atom stereocenters. The van der Waals surface area contributed by atoms with E-state index in [1.165, 1.54) is 11.3 Å². The summed E-state index contributed by atoms with van der Waals surface area (Å²) in [7, 11) is 0. The number of nitrogens with zero attached hydrogens (tertiary/aromatic N) is 1. The van der Waals surface area contributed by atoms with Gasteiger partial charge in [-0.05, 0) is 18.2 Å². The molecule has 0 fully saturated rings. The van der Waals surface area contributed by atoms with Gasteiger partial charge in [0.05, 0.1) is 16.8 Å². The van der Waals surface area contributed by atoms with Crippen LogP contribution in [0.2, 0.25) is 5.02 Å². The van der Waals surface area contributed by atoms with E-state index in [1.807, 2.05) is 6.07 Å². The molecule has 1 aromatic carbocycles. The van der Waals surface area contributed by atoms with E-state index in [9.17, 15) is 4.79 Å². The third-order valence-electron chi connectivity index (χ3n) is 1.76. The lowest BCUT2D eigenvalue weighted by Gasteiger charge is -1.95. The van der Waals surface area contributed by atoms with Crippen LogP contribution in [0.4, 0.5) is 5.13 Å². The molecule has 15 heavy (non-hydrogen) atoms. The second-order valence-corrected chi connectivity index (χ2v) is 4.42. The second kappa shape index (κ2) is 4.04. The second-order valence-electron chi connectivity index (χ2n) is 2.95. The number of aromatic nitrogens is 1. The maximum atomic E-state index is 10.6. The first-order chi connectivity index (χ1) is 7.15. The minimum atomic E-state index is -0.410. The maximum Gasteiger partial charge on any atom is 0.236 e. The van der Waals surface area contributed by atoms with Crippen molar-refractivity contribution in [1.29, 1.82) is 0 Å². The smallest absolute Gasteiger partial charge is 0.236 e. The molecular formula is C9H8ClN3OS. The Bertz CT molecular complexity index is 511. The van der Waals surface area contributed by atoms with Gasteiger partial charge < -0.3 is 11.1 Å². The van der Waals surface area contributed by atoms with Crippen molar-refractivity contribution >= 4 is 44.2 Å². The molecule has 78 valence electrons. The van der Waals surface area contributed by atoms with Gasteiger partial charge in [-0.15, -0.1) is 0 Å². The number of nitrogens with one attached hydrogen (secondary N) is 1. The fourth-order valence-corrected chi connectivity index (χ4v) is 2.15. The predicted molar refractivity (Wildman–Crippen MR) is 62.3 cm³/mol. The van der Waals surface area contributed by atoms with Crippen molar-refractivity contribution in [3.05, 3.63) is 23.2 Å². The van der Waals surface area contributed by atoms with E-state index in [0.29, 0.717) is 10.2 Å². The summed E-state index contributed by atoms with van der Waals surface area (Å²) in [5.41, 5.74) is 5.83. The summed E-state index contributed by atoms with van der Waals surface area (Å²) in [6, 6.07) is 5.48. The first-order valence-electron chi connectivity index (χ1n) is 4.23. The Hall–Kier alpha value is -1.33. The third-order valence-corrected chi connectivity index (χ3v) is 2.99. The minimum absolute atomic E-state index is 0.0908. The number of hydrogen-bond donors (Lipinski definition) is 2. The molecular weight excluding hydrogens is 234 g/mol. The van der Waals surface area contributed by atoms with Crippen LogP contribution >= 0.6 is 22.9 Å². The SMILES string of the molecule is NC(=O)CNc1nc2cc(Cl)ccc2s1. The van der Waals surface area contributed by atoms with E-state index in [1.54, 1.807) is 12.1 Å². The van der Waals surface area contributed by atoms with E-state index in [-0.39, 0.29) is 6.54 Å². The van der Waals surface area contributed by atoms with Crippen LogP contribution in [0, 0.1) is 0 Å². The molecule has 0 unspecified atom stereocenters. The molecule has 2 aromatic rings. The normalized spacial score (nSPS) is 10.5. The zero-order chi connectivity index (χ0) is 10.8. The number of nitrogens with two attached hydrogens (primary N) is 1. The third kappa shape index (κ3) is 2.37. The van der Waals surface area contributed by atoms with E-state index in [4.69, 9.17) is 17.3 Å². The summed E-state index contributed by atoms with van der Waals surface area (Å²) < 4.78 is 1.02. The molecule has 3 N–H and O–H groups in total. The van der Waals surface area contributed by atoms with Crippen LogP contribution in [0.15, 0.2) is 18.2 Å². The first-order valence-corrected chi connectivity index (χ1v) is 5.43. The van der Waals surface area contributed by atoms with Gasteiger partial charge >= 0.3 is 0 Å². The van der Waals surface area contributed by atoms with Gasteiger partial charge in [-0.25, -0.2) is 4.98 Å². The quantitative estimate of drug-likeness (QED) is 0.862. The molecule has 0 bridgehead atoms. The van der Waals surface area contributed by atoms with Gasteiger partial charge in [0.15, 0.2) is 5.13 Å². The topological polar surface area (TPSA) is 68.0 Å². The predicted octanol–water partition coefficient (Wildman–Crippen LogP) is 1.85. The lowest BCUT2D eigenvalue weighted by Crippen LogP contribution is -2.21. The number of halogens is 1. The molecule has 0 aliphatic heterocycles. The van der Waals surface area contributed by atoms with E-state index < -0.39 is 5.91 Å². The number of amides is 1. The van der Waals surface area contributed by atoms with Gasteiger partial charge in [0.25, 0.3) is 0 Å². The number of benzene rings is 1. The van der Waals surface area contributed by atoms with Gasteiger partial charge in [-0.3, -0.25) is 4.79 Å². The molecule has 1 heterocycles. The molecule has 6 heteroatoms. The highest BCUT2D eigenvalue weighted by molar-refractivity contribution is 7.22. The molecule has 0 radical (unpaired) electrons. The van der Waals surface area contributed by atoms with Crippen molar-refractivity contribution in [3.63, 3.8) is 0 Å². The standard InChI is InChI=1S/C9H8ClN3OS/c10-5-1-2-7-6(3-5)13-9(15-7)12-4-8(11)14/h1-3H,4H2,(H2,11,14)(H,12,13). The highest BCUT2D eigenvalue weighted by Crippen LogP contribution is 2.27. The van der Waals surface area contributed by atoms with Crippen LogP contribution in [0.5, 0.6) is 0 Å². The fraction of sp³-hybridized carbons (Fsp3) is 0.111. The van der Waals surface area contributed by atoms with Crippen molar-refractivity contribution in [2.75, 3.05) is 11.9 Å². The highest BCUT2D eigenvalue weighted by atomic mass is 35.5. The van der Waals surface area contributed by atoms with Crippen LogP contribution in [0.25, 0.3) is 10.2 Å². The molecule has 1 aromatic heterocycles. The van der Waals surface area contributed by atoms with Crippen molar-refractivity contribution in [2.24, 2.45) is 5.73 Å². The van der Waals surface area contributed by atoms with Gasteiger partial charge in [-0.2, -0.15) is 0 Å². The number of fused-ring (bicyclic) bond motifs is 1. The first kappa shape index (κ1) is 10.2. The van der Waals surface area contributed by atoms with Gasteiger partial charge in [0.2, 0.25) is 5.91 Å². The van der Waals surface area contributed by atoms with Crippen LogP contribution < -0.4 is 11.1 Å². The Morgan fingerprint density at radius 1 is 1.60 bits per heavy atom. The average molecular weight is 242 g/mol.